The lowest BCUT2D eigenvalue weighted by molar-refractivity contribution is 0.157. The van der Waals surface area contributed by atoms with E-state index in [2.05, 4.69) is 6.92 Å². The Hall–Kier alpha value is -0.300. The molecule has 0 atom stereocenters. The van der Waals surface area contributed by atoms with Gasteiger partial charge in [-0.2, -0.15) is 0 Å². The van der Waals surface area contributed by atoms with Gasteiger partial charge in [0.1, 0.15) is 0 Å². The summed E-state index contributed by atoms with van der Waals surface area (Å²) in [7, 11) is 0. The highest BCUT2D eigenvalue weighted by molar-refractivity contribution is 4.75. The minimum absolute atomic E-state index is 0.778. The molecule has 0 saturated carbocycles. The predicted octanol–water partition coefficient (Wildman–Crippen LogP) is 2.77. The number of rotatable bonds is 6. The lowest BCUT2D eigenvalue weighted by Gasteiger charge is -1.98. The van der Waals surface area contributed by atoms with Gasteiger partial charge in [0.15, 0.2) is 0 Å². The Morgan fingerprint density at radius 2 is 2.10 bits per heavy atom. The largest absolute Gasteiger partial charge is 0.377 e. The van der Waals surface area contributed by atoms with Crippen molar-refractivity contribution in [2.45, 2.75) is 33.1 Å². The lowest BCUT2D eigenvalue weighted by atomic mass is 10.3. The fourth-order valence-corrected chi connectivity index (χ4v) is 0.702. The van der Waals surface area contributed by atoms with Crippen molar-refractivity contribution in [2.24, 2.45) is 0 Å². The van der Waals surface area contributed by atoms with Crippen LogP contribution < -0.4 is 0 Å². The van der Waals surface area contributed by atoms with Crippen molar-refractivity contribution in [1.29, 1.82) is 0 Å². The highest BCUT2D eigenvalue weighted by atomic mass is 16.5. The van der Waals surface area contributed by atoms with Crippen LogP contribution in [-0.2, 0) is 4.74 Å². The van der Waals surface area contributed by atoms with Gasteiger partial charge in [-0.05, 0) is 13.3 Å². The van der Waals surface area contributed by atoms with E-state index in [0.29, 0.717) is 0 Å². The standard InChI is InChI=1S/C9H18O/c1-3-5-7-9-10-8-6-4-2/h4,6H,3,5,7-9H2,1-2H3. The van der Waals surface area contributed by atoms with Crippen molar-refractivity contribution >= 4 is 0 Å². The summed E-state index contributed by atoms with van der Waals surface area (Å²) < 4.78 is 5.29. The molecule has 0 fully saturated rings. The maximum Gasteiger partial charge on any atom is 0.0647 e. The van der Waals surface area contributed by atoms with Crippen LogP contribution in [-0.4, -0.2) is 13.2 Å². The van der Waals surface area contributed by atoms with E-state index in [1.165, 1.54) is 19.3 Å². The summed E-state index contributed by atoms with van der Waals surface area (Å²) in [6.45, 7) is 5.90. The Kier molecular flexibility index (Phi) is 8.44. The Labute approximate surface area is 64.1 Å². The summed E-state index contributed by atoms with van der Waals surface area (Å²) in [5.74, 6) is 0. The Morgan fingerprint density at radius 3 is 2.70 bits per heavy atom. The van der Waals surface area contributed by atoms with Crippen LogP contribution in [0.2, 0.25) is 0 Å². The van der Waals surface area contributed by atoms with Gasteiger partial charge in [0.25, 0.3) is 0 Å². The summed E-state index contributed by atoms with van der Waals surface area (Å²) in [5.41, 5.74) is 0. The Bertz CT molecular complexity index is 76.8. The van der Waals surface area contributed by atoms with Crippen LogP contribution in [0.3, 0.4) is 0 Å². The summed E-state index contributed by atoms with van der Waals surface area (Å²) in [6.07, 6.45) is 7.81. The maximum atomic E-state index is 5.29. The highest BCUT2D eigenvalue weighted by Gasteiger charge is 1.83. The van der Waals surface area contributed by atoms with Crippen LogP contribution in [0.25, 0.3) is 0 Å². The summed E-state index contributed by atoms with van der Waals surface area (Å²) >= 11 is 0. The van der Waals surface area contributed by atoms with Crippen molar-refractivity contribution < 1.29 is 4.74 Å². The Balaban J connectivity index is 2.77. The zero-order valence-corrected chi connectivity index (χ0v) is 7.10. The van der Waals surface area contributed by atoms with E-state index >= 15 is 0 Å². The summed E-state index contributed by atoms with van der Waals surface area (Å²) in [5, 5.41) is 0. The fourth-order valence-electron chi connectivity index (χ4n) is 0.702. The second-order valence-corrected chi connectivity index (χ2v) is 2.35. The molecule has 0 aliphatic carbocycles. The van der Waals surface area contributed by atoms with E-state index < -0.39 is 0 Å². The molecule has 0 aromatic heterocycles. The van der Waals surface area contributed by atoms with E-state index in [1.807, 2.05) is 19.1 Å². The van der Waals surface area contributed by atoms with Gasteiger partial charge in [-0.15, -0.1) is 0 Å². The minimum Gasteiger partial charge on any atom is -0.377 e. The van der Waals surface area contributed by atoms with Crippen molar-refractivity contribution in [3.63, 3.8) is 0 Å². The summed E-state index contributed by atoms with van der Waals surface area (Å²) in [4.78, 5) is 0. The quantitative estimate of drug-likeness (QED) is 0.409. The summed E-state index contributed by atoms with van der Waals surface area (Å²) in [6, 6.07) is 0. The zero-order chi connectivity index (χ0) is 7.66. The van der Waals surface area contributed by atoms with Gasteiger partial charge in [0.2, 0.25) is 0 Å². The molecular weight excluding hydrogens is 124 g/mol. The van der Waals surface area contributed by atoms with Gasteiger partial charge in [-0.25, -0.2) is 0 Å². The van der Waals surface area contributed by atoms with Crippen LogP contribution in [0.4, 0.5) is 0 Å². The first-order chi connectivity index (χ1) is 4.91. The third-order valence-corrected chi connectivity index (χ3v) is 1.34. The predicted molar refractivity (Wildman–Crippen MR) is 45.2 cm³/mol. The molecule has 0 heterocycles. The van der Waals surface area contributed by atoms with E-state index in [4.69, 9.17) is 4.74 Å². The Morgan fingerprint density at radius 1 is 1.30 bits per heavy atom. The van der Waals surface area contributed by atoms with Gasteiger partial charge in [0, 0.05) is 6.61 Å². The van der Waals surface area contributed by atoms with Crippen LogP contribution in [0.15, 0.2) is 12.2 Å². The molecule has 0 aromatic rings. The molecule has 0 rings (SSSR count). The van der Waals surface area contributed by atoms with E-state index in [-0.39, 0.29) is 0 Å². The molecule has 0 aliphatic rings. The number of hydrogen-bond acceptors (Lipinski definition) is 1. The second kappa shape index (κ2) is 8.70. The molecule has 0 radical (unpaired) electrons. The molecule has 0 saturated heterocycles. The van der Waals surface area contributed by atoms with E-state index in [9.17, 15) is 0 Å². The maximum absolute atomic E-state index is 5.29. The van der Waals surface area contributed by atoms with Crippen LogP contribution in [0.5, 0.6) is 0 Å². The van der Waals surface area contributed by atoms with Crippen molar-refractivity contribution in [1.82, 2.24) is 0 Å². The molecule has 60 valence electrons. The van der Waals surface area contributed by atoms with Gasteiger partial charge in [-0.1, -0.05) is 31.9 Å². The normalized spacial score (nSPS) is 11.0. The number of allylic oxidation sites excluding steroid dienone is 1. The zero-order valence-electron chi connectivity index (χ0n) is 7.10. The molecule has 1 nitrogen and oxygen atoms in total. The van der Waals surface area contributed by atoms with Gasteiger partial charge in [-0.3, -0.25) is 0 Å². The van der Waals surface area contributed by atoms with Crippen molar-refractivity contribution in [2.75, 3.05) is 13.2 Å². The molecule has 10 heavy (non-hydrogen) atoms. The molecule has 0 amide bonds. The fraction of sp³-hybridized carbons (Fsp3) is 0.778. The third kappa shape index (κ3) is 7.70. The smallest absolute Gasteiger partial charge is 0.0647 e. The topological polar surface area (TPSA) is 9.23 Å². The lowest BCUT2D eigenvalue weighted by Crippen LogP contribution is -1.93. The van der Waals surface area contributed by atoms with Crippen molar-refractivity contribution in [3.8, 4) is 0 Å². The van der Waals surface area contributed by atoms with E-state index in [0.717, 1.165) is 13.2 Å². The molecule has 0 aromatic carbocycles. The van der Waals surface area contributed by atoms with E-state index in [1.54, 1.807) is 0 Å². The van der Waals surface area contributed by atoms with Crippen molar-refractivity contribution in [3.05, 3.63) is 12.2 Å². The van der Waals surface area contributed by atoms with Gasteiger partial charge >= 0.3 is 0 Å². The van der Waals surface area contributed by atoms with Crippen LogP contribution >= 0.6 is 0 Å². The molecule has 1 heteroatoms. The number of hydrogen-bond donors (Lipinski definition) is 0. The second-order valence-electron chi connectivity index (χ2n) is 2.35. The first-order valence-electron chi connectivity index (χ1n) is 4.10. The monoisotopic (exact) mass is 142 g/mol. The molecule has 0 N–H and O–H groups in total. The molecule has 0 unspecified atom stereocenters. The van der Waals surface area contributed by atoms with Crippen LogP contribution in [0, 0.1) is 0 Å². The molecule has 0 bridgehead atoms. The highest BCUT2D eigenvalue weighted by Crippen LogP contribution is 1.93. The molecule has 0 aliphatic heterocycles. The average Bonchev–Trinajstić information content (AvgIpc) is 1.97. The SMILES string of the molecule is CC=CCOCCCCC. The first kappa shape index (κ1) is 9.70. The number of unbranched alkanes of at least 4 members (excludes halogenated alkanes) is 2. The average molecular weight is 142 g/mol. The first-order valence-corrected chi connectivity index (χ1v) is 4.10. The van der Waals surface area contributed by atoms with Gasteiger partial charge in [0.05, 0.1) is 6.61 Å². The van der Waals surface area contributed by atoms with Crippen LogP contribution in [0.1, 0.15) is 33.1 Å². The molecule has 0 spiro atoms. The van der Waals surface area contributed by atoms with Gasteiger partial charge < -0.3 is 4.74 Å². The molecular formula is C9H18O. The third-order valence-electron chi connectivity index (χ3n) is 1.34. The number of ether oxygens (including phenoxy) is 1. The minimum atomic E-state index is 0.778.